The van der Waals surface area contributed by atoms with Crippen molar-refractivity contribution >= 4 is 28.2 Å². The molecule has 2 amide bonds. The number of rotatable bonds is 7. The van der Waals surface area contributed by atoms with Gasteiger partial charge < -0.3 is 10.8 Å². The lowest BCUT2D eigenvalue weighted by Crippen LogP contribution is -2.44. The molecule has 0 saturated heterocycles. The predicted molar refractivity (Wildman–Crippen MR) is 91.3 cm³/mol. The summed E-state index contributed by atoms with van der Waals surface area (Å²) < 4.78 is 0.802. The Morgan fingerprint density at radius 1 is 1.25 bits per heavy atom. The third-order valence-electron chi connectivity index (χ3n) is 3.30. The Hall–Kier alpha value is -2.22. The standard InChI is InChI=1S/C17H16BrN2O4/c18-15-4-2-1-3-13(15)10-24-20(11-21)17(23)16(19)9-12-5-7-14(22)8-6-12/h1-8,16,22H,9-10,19H2/t16-/m0/s1. The SMILES string of the molecule is N[C@@H](Cc1ccc(O)cc1)C(=O)N([C]=O)OCc1ccccc1Br. The fourth-order valence-electron chi connectivity index (χ4n) is 2.01. The summed E-state index contributed by atoms with van der Waals surface area (Å²) in [4.78, 5) is 28.4. The Kier molecular flexibility index (Phi) is 6.48. The van der Waals surface area contributed by atoms with Crippen molar-refractivity contribution in [2.75, 3.05) is 0 Å². The highest BCUT2D eigenvalue weighted by molar-refractivity contribution is 9.10. The zero-order valence-corrected chi connectivity index (χ0v) is 14.3. The topological polar surface area (TPSA) is 92.9 Å². The van der Waals surface area contributed by atoms with Crippen molar-refractivity contribution in [3.05, 3.63) is 64.1 Å². The van der Waals surface area contributed by atoms with Crippen LogP contribution in [0, 0.1) is 0 Å². The number of phenolic OH excluding ortho intramolecular Hbond substituents is 1. The van der Waals surface area contributed by atoms with Crippen molar-refractivity contribution < 1.29 is 19.5 Å². The number of hydrogen-bond acceptors (Lipinski definition) is 5. The number of amides is 2. The van der Waals surface area contributed by atoms with Crippen molar-refractivity contribution in [2.24, 2.45) is 5.73 Å². The first-order valence-corrected chi connectivity index (χ1v) is 7.92. The minimum atomic E-state index is -0.963. The Morgan fingerprint density at radius 2 is 1.92 bits per heavy atom. The summed E-state index contributed by atoms with van der Waals surface area (Å²) in [5.74, 6) is -0.566. The molecule has 0 aromatic heterocycles. The molecule has 3 N–H and O–H groups in total. The third-order valence-corrected chi connectivity index (χ3v) is 4.07. The van der Waals surface area contributed by atoms with Crippen LogP contribution in [0.2, 0.25) is 0 Å². The predicted octanol–water partition coefficient (Wildman–Crippen LogP) is 2.05. The number of nitrogens with zero attached hydrogens (tertiary/aromatic N) is 1. The molecular formula is C17H16BrN2O4. The molecule has 1 radical (unpaired) electrons. The van der Waals surface area contributed by atoms with Gasteiger partial charge in [-0.1, -0.05) is 46.3 Å². The lowest BCUT2D eigenvalue weighted by Gasteiger charge is -2.18. The van der Waals surface area contributed by atoms with Crippen molar-refractivity contribution in [1.29, 1.82) is 0 Å². The summed E-state index contributed by atoms with van der Waals surface area (Å²) in [6.45, 7) is 0.0222. The number of halogens is 1. The molecule has 0 aliphatic heterocycles. The lowest BCUT2D eigenvalue weighted by molar-refractivity contribution is -0.168. The van der Waals surface area contributed by atoms with Crippen LogP contribution < -0.4 is 5.73 Å². The highest BCUT2D eigenvalue weighted by Crippen LogP contribution is 2.17. The summed E-state index contributed by atoms with van der Waals surface area (Å²) in [5.41, 5.74) is 7.37. The van der Waals surface area contributed by atoms with E-state index in [-0.39, 0.29) is 18.8 Å². The molecule has 0 fully saturated rings. The second-order valence-electron chi connectivity index (χ2n) is 5.07. The van der Waals surface area contributed by atoms with Crippen LogP contribution >= 0.6 is 15.9 Å². The molecule has 0 heterocycles. The minimum Gasteiger partial charge on any atom is -0.508 e. The van der Waals surface area contributed by atoms with Crippen LogP contribution in [0.5, 0.6) is 5.75 Å². The van der Waals surface area contributed by atoms with Gasteiger partial charge in [-0.2, -0.15) is 0 Å². The van der Waals surface area contributed by atoms with Gasteiger partial charge in [-0.05, 0) is 35.7 Å². The summed E-state index contributed by atoms with van der Waals surface area (Å²) in [6, 6.07) is 12.6. The number of aromatic hydroxyl groups is 1. The average Bonchev–Trinajstić information content (AvgIpc) is 2.58. The van der Waals surface area contributed by atoms with Crippen molar-refractivity contribution in [2.45, 2.75) is 19.1 Å². The molecule has 125 valence electrons. The number of phenols is 1. The smallest absolute Gasteiger partial charge is 0.345 e. The normalized spacial score (nSPS) is 11.8. The summed E-state index contributed by atoms with van der Waals surface area (Å²) >= 11 is 3.36. The van der Waals surface area contributed by atoms with Gasteiger partial charge in [0.1, 0.15) is 12.4 Å². The van der Waals surface area contributed by atoms with Gasteiger partial charge in [0.15, 0.2) is 0 Å². The number of carbonyl (C=O) groups is 1. The van der Waals surface area contributed by atoms with Gasteiger partial charge in [-0.15, -0.1) is 5.06 Å². The Labute approximate surface area is 147 Å². The molecule has 2 rings (SSSR count). The van der Waals surface area contributed by atoms with E-state index in [1.165, 1.54) is 18.5 Å². The molecule has 0 bridgehead atoms. The van der Waals surface area contributed by atoms with Crippen LogP contribution in [-0.2, 0) is 27.5 Å². The third kappa shape index (κ3) is 4.89. The number of carbonyl (C=O) groups excluding carboxylic acids is 2. The van der Waals surface area contributed by atoms with E-state index in [0.717, 1.165) is 15.6 Å². The van der Waals surface area contributed by atoms with E-state index in [1.807, 2.05) is 18.2 Å². The number of hydrogen-bond donors (Lipinski definition) is 2. The quantitative estimate of drug-likeness (QED) is 0.556. The van der Waals surface area contributed by atoms with E-state index >= 15 is 0 Å². The van der Waals surface area contributed by atoms with E-state index < -0.39 is 11.9 Å². The molecule has 0 aliphatic carbocycles. The molecular weight excluding hydrogens is 376 g/mol. The minimum absolute atomic E-state index is 0.0222. The molecule has 0 saturated carbocycles. The molecule has 2 aromatic rings. The molecule has 24 heavy (non-hydrogen) atoms. The van der Waals surface area contributed by atoms with Crippen LogP contribution in [0.15, 0.2) is 53.0 Å². The van der Waals surface area contributed by atoms with Gasteiger partial charge >= 0.3 is 6.41 Å². The highest BCUT2D eigenvalue weighted by atomic mass is 79.9. The van der Waals surface area contributed by atoms with E-state index in [1.54, 1.807) is 18.2 Å². The summed E-state index contributed by atoms with van der Waals surface area (Å²) in [7, 11) is 0. The van der Waals surface area contributed by atoms with Crippen LogP contribution in [0.25, 0.3) is 0 Å². The fraction of sp³-hybridized carbons (Fsp3) is 0.176. The molecule has 0 spiro atoms. The van der Waals surface area contributed by atoms with Crippen LogP contribution in [0.4, 0.5) is 0 Å². The van der Waals surface area contributed by atoms with Gasteiger partial charge in [0, 0.05) is 4.47 Å². The maximum absolute atomic E-state index is 12.2. The zero-order chi connectivity index (χ0) is 17.5. The van der Waals surface area contributed by atoms with Crippen LogP contribution in [-0.4, -0.2) is 28.5 Å². The van der Waals surface area contributed by atoms with E-state index in [9.17, 15) is 14.7 Å². The van der Waals surface area contributed by atoms with Crippen LogP contribution in [0.3, 0.4) is 0 Å². The molecule has 2 aromatic carbocycles. The van der Waals surface area contributed by atoms with Crippen molar-refractivity contribution in [3.8, 4) is 5.75 Å². The first-order chi connectivity index (χ1) is 11.5. The summed E-state index contributed by atoms with van der Waals surface area (Å²) in [5, 5.41) is 9.74. The fourth-order valence-corrected chi connectivity index (χ4v) is 2.41. The van der Waals surface area contributed by atoms with Gasteiger partial charge in [0.25, 0.3) is 5.91 Å². The lowest BCUT2D eigenvalue weighted by atomic mass is 10.1. The van der Waals surface area contributed by atoms with Gasteiger partial charge in [-0.3, -0.25) is 14.4 Å². The molecule has 7 heteroatoms. The van der Waals surface area contributed by atoms with E-state index in [2.05, 4.69) is 15.9 Å². The molecule has 6 nitrogen and oxygen atoms in total. The van der Waals surface area contributed by atoms with Crippen molar-refractivity contribution in [1.82, 2.24) is 5.06 Å². The van der Waals surface area contributed by atoms with Gasteiger partial charge in [-0.25, -0.2) is 0 Å². The second kappa shape index (κ2) is 8.58. The highest BCUT2D eigenvalue weighted by Gasteiger charge is 2.23. The van der Waals surface area contributed by atoms with E-state index in [4.69, 9.17) is 10.6 Å². The first-order valence-electron chi connectivity index (χ1n) is 7.13. The molecule has 0 aliphatic rings. The average molecular weight is 392 g/mol. The van der Waals surface area contributed by atoms with Gasteiger partial charge in [0.2, 0.25) is 0 Å². The largest absolute Gasteiger partial charge is 0.508 e. The Bertz CT molecular complexity index is 706. The monoisotopic (exact) mass is 391 g/mol. The zero-order valence-electron chi connectivity index (χ0n) is 12.7. The first kappa shape index (κ1) is 18.1. The number of hydroxylamine groups is 2. The number of nitrogens with two attached hydrogens (primary N) is 1. The Balaban J connectivity index is 1.96. The van der Waals surface area contributed by atoms with Crippen molar-refractivity contribution in [3.63, 3.8) is 0 Å². The summed E-state index contributed by atoms with van der Waals surface area (Å²) in [6.07, 6.45) is 1.65. The molecule has 1 atom stereocenters. The maximum atomic E-state index is 12.2. The van der Waals surface area contributed by atoms with Crippen LogP contribution in [0.1, 0.15) is 11.1 Å². The maximum Gasteiger partial charge on any atom is 0.345 e. The number of imide groups is 1. The molecule has 0 unspecified atom stereocenters. The number of benzene rings is 2. The van der Waals surface area contributed by atoms with Gasteiger partial charge in [0.05, 0.1) is 6.04 Å². The second-order valence-corrected chi connectivity index (χ2v) is 5.92. The van der Waals surface area contributed by atoms with E-state index in [0.29, 0.717) is 5.06 Å². The Morgan fingerprint density at radius 3 is 2.54 bits per heavy atom.